The highest BCUT2D eigenvalue weighted by Crippen LogP contribution is 2.15. The molecule has 0 aliphatic heterocycles. The summed E-state index contributed by atoms with van der Waals surface area (Å²) in [6.45, 7) is 0.642. The molecule has 0 fully saturated rings. The minimum Gasteiger partial charge on any atom is -0.330 e. The fourth-order valence-corrected chi connectivity index (χ4v) is 2.38. The maximum absolute atomic E-state index is 13.2. The van der Waals surface area contributed by atoms with Crippen LogP contribution in [0.2, 0.25) is 0 Å². The van der Waals surface area contributed by atoms with E-state index in [0.29, 0.717) is 25.5 Å². The first-order valence-electron chi connectivity index (χ1n) is 5.12. The Morgan fingerprint density at radius 2 is 1.89 bits per heavy atom. The standard InChI is InChI=1S/C10H14F2N2O2S.ClH/c11-8-3-4-10(9(12)7-8)17(15,16)14-6-2-1-5-13;/h3-4,7,14H,1-2,5-6,13H2;1H. The van der Waals surface area contributed by atoms with Gasteiger partial charge in [0, 0.05) is 12.6 Å². The van der Waals surface area contributed by atoms with Gasteiger partial charge in [-0.3, -0.25) is 0 Å². The van der Waals surface area contributed by atoms with Gasteiger partial charge in [-0.2, -0.15) is 0 Å². The van der Waals surface area contributed by atoms with Gasteiger partial charge < -0.3 is 5.73 Å². The predicted molar refractivity (Wildman–Crippen MR) is 67.1 cm³/mol. The van der Waals surface area contributed by atoms with Crippen LogP contribution >= 0.6 is 12.4 Å². The lowest BCUT2D eigenvalue weighted by molar-refractivity contribution is 0.541. The van der Waals surface area contributed by atoms with Crippen molar-refractivity contribution in [1.82, 2.24) is 4.72 Å². The number of rotatable bonds is 6. The molecular formula is C10H15ClF2N2O2S. The number of sulfonamides is 1. The quantitative estimate of drug-likeness (QED) is 0.780. The van der Waals surface area contributed by atoms with Gasteiger partial charge in [-0.1, -0.05) is 0 Å². The molecule has 0 radical (unpaired) electrons. The Morgan fingerprint density at radius 1 is 1.22 bits per heavy atom. The largest absolute Gasteiger partial charge is 0.330 e. The molecule has 1 aromatic carbocycles. The minimum atomic E-state index is -3.92. The van der Waals surface area contributed by atoms with E-state index in [1.807, 2.05) is 0 Å². The smallest absolute Gasteiger partial charge is 0.243 e. The Labute approximate surface area is 111 Å². The molecule has 1 aromatic rings. The van der Waals surface area contributed by atoms with Crippen LogP contribution < -0.4 is 10.5 Å². The summed E-state index contributed by atoms with van der Waals surface area (Å²) in [6.07, 6.45) is 1.24. The number of halogens is 3. The van der Waals surface area contributed by atoms with Gasteiger partial charge in [0.25, 0.3) is 0 Å². The fourth-order valence-electron chi connectivity index (χ4n) is 1.25. The zero-order valence-corrected chi connectivity index (χ0v) is 11.2. The lowest BCUT2D eigenvalue weighted by Crippen LogP contribution is -2.26. The van der Waals surface area contributed by atoms with E-state index in [2.05, 4.69) is 4.72 Å². The van der Waals surface area contributed by atoms with Crippen molar-refractivity contribution in [3.05, 3.63) is 29.8 Å². The van der Waals surface area contributed by atoms with E-state index in [1.54, 1.807) is 0 Å². The number of hydrogen-bond donors (Lipinski definition) is 2. The third-order valence-electron chi connectivity index (χ3n) is 2.11. The summed E-state index contributed by atoms with van der Waals surface area (Å²) < 4.78 is 51.3. The van der Waals surface area contributed by atoms with Crippen LogP contribution in [0.1, 0.15) is 12.8 Å². The lowest BCUT2D eigenvalue weighted by atomic mass is 10.3. The van der Waals surface area contributed by atoms with Gasteiger partial charge >= 0.3 is 0 Å². The van der Waals surface area contributed by atoms with E-state index in [9.17, 15) is 17.2 Å². The monoisotopic (exact) mass is 300 g/mol. The second-order valence-corrected chi connectivity index (χ2v) is 5.20. The molecule has 4 nitrogen and oxygen atoms in total. The van der Waals surface area contributed by atoms with Crippen molar-refractivity contribution >= 4 is 22.4 Å². The zero-order valence-electron chi connectivity index (χ0n) is 9.53. The molecule has 8 heteroatoms. The molecule has 0 unspecified atom stereocenters. The number of hydrogen-bond acceptors (Lipinski definition) is 3. The van der Waals surface area contributed by atoms with Crippen LogP contribution in [0.4, 0.5) is 8.78 Å². The molecule has 0 atom stereocenters. The summed E-state index contributed by atoms with van der Waals surface area (Å²) in [4.78, 5) is -0.549. The molecule has 0 saturated heterocycles. The average Bonchev–Trinajstić information content (AvgIpc) is 2.24. The number of nitrogens with two attached hydrogens (primary N) is 1. The van der Waals surface area contributed by atoms with Gasteiger partial charge in [0.1, 0.15) is 16.5 Å². The number of benzene rings is 1. The molecule has 0 bridgehead atoms. The molecule has 104 valence electrons. The van der Waals surface area contributed by atoms with Crippen LogP contribution in [-0.4, -0.2) is 21.5 Å². The topological polar surface area (TPSA) is 72.2 Å². The van der Waals surface area contributed by atoms with Crippen molar-refractivity contribution in [1.29, 1.82) is 0 Å². The molecule has 0 spiro atoms. The Bertz CT molecular complexity index is 483. The van der Waals surface area contributed by atoms with Crippen molar-refractivity contribution in [2.45, 2.75) is 17.7 Å². The Hall–Kier alpha value is -0.760. The van der Waals surface area contributed by atoms with E-state index >= 15 is 0 Å². The summed E-state index contributed by atoms with van der Waals surface area (Å²) in [5.41, 5.74) is 5.25. The first kappa shape index (κ1) is 17.2. The van der Waals surface area contributed by atoms with E-state index < -0.39 is 26.6 Å². The van der Waals surface area contributed by atoms with Crippen LogP contribution in [0.5, 0.6) is 0 Å². The van der Waals surface area contributed by atoms with E-state index in [1.165, 1.54) is 0 Å². The predicted octanol–water partition coefficient (Wildman–Crippen LogP) is 1.40. The molecule has 0 amide bonds. The highest BCUT2D eigenvalue weighted by atomic mass is 35.5. The summed E-state index contributed by atoms with van der Waals surface area (Å²) >= 11 is 0. The molecule has 3 N–H and O–H groups in total. The third kappa shape index (κ3) is 4.85. The van der Waals surface area contributed by atoms with Gasteiger partial charge in [0.2, 0.25) is 10.0 Å². The van der Waals surface area contributed by atoms with Gasteiger partial charge in [-0.25, -0.2) is 21.9 Å². The maximum atomic E-state index is 13.2. The molecule has 18 heavy (non-hydrogen) atoms. The van der Waals surface area contributed by atoms with Crippen LogP contribution in [0.15, 0.2) is 23.1 Å². The van der Waals surface area contributed by atoms with Crippen molar-refractivity contribution in [2.24, 2.45) is 5.73 Å². The van der Waals surface area contributed by atoms with Gasteiger partial charge in [-0.05, 0) is 31.5 Å². The normalized spacial score (nSPS) is 11.1. The third-order valence-corrected chi connectivity index (χ3v) is 3.60. The van der Waals surface area contributed by atoms with Crippen LogP contribution in [0.3, 0.4) is 0 Å². The van der Waals surface area contributed by atoms with Crippen LogP contribution in [0, 0.1) is 11.6 Å². The Kier molecular flexibility index (Phi) is 7.30. The molecule has 0 heterocycles. The number of nitrogens with one attached hydrogen (secondary N) is 1. The highest BCUT2D eigenvalue weighted by Gasteiger charge is 2.18. The molecule has 0 aromatic heterocycles. The number of unbranched alkanes of at least 4 members (excludes halogenated alkanes) is 1. The molecular weight excluding hydrogens is 286 g/mol. The molecule has 0 aliphatic carbocycles. The molecule has 1 rings (SSSR count). The zero-order chi connectivity index (χ0) is 12.9. The van der Waals surface area contributed by atoms with Gasteiger partial charge in [0.15, 0.2) is 0 Å². The SMILES string of the molecule is Cl.NCCCCNS(=O)(=O)c1ccc(F)cc1F. The van der Waals surface area contributed by atoms with E-state index in [-0.39, 0.29) is 19.0 Å². The Morgan fingerprint density at radius 3 is 2.44 bits per heavy atom. The summed E-state index contributed by atoms with van der Waals surface area (Å²) in [6, 6.07) is 2.34. The first-order chi connectivity index (χ1) is 7.97. The second kappa shape index (κ2) is 7.63. The van der Waals surface area contributed by atoms with Crippen molar-refractivity contribution in [3.8, 4) is 0 Å². The molecule has 0 aliphatic rings. The molecule has 0 saturated carbocycles. The lowest BCUT2D eigenvalue weighted by Gasteiger charge is -2.07. The Balaban J connectivity index is 0.00000289. The van der Waals surface area contributed by atoms with Crippen molar-refractivity contribution in [2.75, 3.05) is 13.1 Å². The first-order valence-corrected chi connectivity index (χ1v) is 6.60. The van der Waals surface area contributed by atoms with Crippen LogP contribution in [0.25, 0.3) is 0 Å². The highest BCUT2D eigenvalue weighted by molar-refractivity contribution is 7.89. The second-order valence-electron chi connectivity index (χ2n) is 3.47. The van der Waals surface area contributed by atoms with Crippen molar-refractivity contribution in [3.63, 3.8) is 0 Å². The van der Waals surface area contributed by atoms with Gasteiger partial charge in [-0.15, -0.1) is 12.4 Å². The fraction of sp³-hybridized carbons (Fsp3) is 0.400. The van der Waals surface area contributed by atoms with Crippen molar-refractivity contribution < 1.29 is 17.2 Å². The van der Waals surface area contributed by atoms with Crippen LogP contribution in [-0.2, 0) is 10.0 Å². The minimum absolute atomic E-state index is 0. The van der Waals surface area contributed by atoms with E-state index in [4.69, 9.17) is 5.73 Å². The van der Waals surface area contributed by atoms with Gasteiger partial charge in [0.05, 0.1) is 0 Å². The summed E-state index contributed by atoms with van der Waals surface area (Å²) in [5.74, 6) is -1.92. The average molecular weight is 301 g/mol. The summed E-state index contributed by atoms with van der Waals surface area (Å²) in [5, 5.41) is 0. The van der Waals surface area contributed by atoms with E-state index in [0.717, 1.165) is 12.1 Å². The maximum Gasteiger partial charge on any atom is 0.243 e. The summed E-state index contributed by atoms with van der Waals surface area (Å²) in [7, 11) is -3.92.